The van der Waals surface area contributed by atoms with Crippen molar-refractivity contribution in [1.82, 2.24) is 10.2 Å². The number of nitrogens with one attached hydrogen (secondary N) is 1. The minimum Gasteiger partial charge on any atom is -0.395 e. The van der Waals surface area contributed by atoms with Crippen LogP contribution in [0.4, 0.5) is 14.9 Å². The molecule has 1 atom stereocenters. The topological polar surface area (TPSA) is 72.9 Å². The molecule has 1 aromatic carbocycles. The van der Waals surface area contributed by atoms with Gasteiger partial charge in [-0.1, -0.05) is 6.07 Å². The van der Waals surface area contributed by atoms with Crippen LogP contribution in [0, 0.1) is 5.82 Å². The molecule has 6 nitrogen and oxygen atoms in total. The van der Waals surface area contributed by atoms with Gasteiger partial charge in [-0.05, 0) is 25.1 Å². The summed E-state index contributed by atoms with van der Waals surface area (Å²) >= 11 is 0. The Morgan fingerprint density at radius 3 is 2.95 bits per heavy atom. The summed E-state index contributed by atoms with van der Waals surface area (Å²) < 4.78 is 13.3. The highest BCUT2D eigenvalue weighted by Gasteiger charge is 2.32. The number of rotatable bonds is 5. The molecule has 1 aliphatic heterocycles. The zero-order valence-electron chi connectivity index (χ0n) is 12.5. The zero-order valence-corrected chi connectivity index (χ0v) is 12.5. The van der Waals surface area contributed by atoms with Crippen molar-refractivity contribution in [2.45, 2.75) is 19.4 Å². The van der Waals surface area contributed by atoms with Crippen LogP contribution in [0.25, 0.3) is 0 Å². The quantitative estimate of drug-likeness (QED) is 0.851. The number of benzene rings is 1. The van der Waals surface area contributed by atoms with Crippen molar-refractivity contribution in [2.75, 3.05) is 31.1 Å². The largest absolute Gasteiger partial charge is 0.395 e. The molecule has 0 unspecified atom stereocenters. The first kappa shape index (κ1) is 16.2. The smallest absolute Gasteiger partial charge is 0.317 e. The molecule has 22 heavy (non-hydrogen) atoms. The van der Waals surface area contributed by atoms with Crippen molar-refractivity contribution in [2.24, 2.45) is 0 Å². The number of anilines is 1. The maximum Gasteiger partial charge on any atom is 0.317 e. The van der Waals surface area contributed by atoms with E-state index in [1.807, 2.05) is 6.92 Å². The van der Waals surface area contributed by atoms with Crippen molar-refractivity contribution in [3.63, 3.8) is 0 Å². The van der Waals surface area contributed by atoms with E-state index in [9.17, 15) is 14.0 Å². The van der Waals surface area contributed by atoms with Crippen molar-refractivity contribution in [3.8, 4) is 0 Å². The first-order chi connectivity index (χ1) is 10.5. The molecule has 1 saturated heterocycles. The van der Waals surface area contributed by atoms with E-state index >= 15 is 0 Å². The molecular formula is C15H20FN3O3. The maximum atomic E-state index is 13.3. The monoisotopic (exact) mass is 309 g/mol. The van der Waals surface area contributed by atoms with E-state index in [-0.39, 0.29) is 37.6 Å². The van der Waals surface area contributed by atoms with Gasteiger partial charge in [0, 0.05) is 31.7 Å². The minimum atomic E-state index is -0.405. The predicted molar refractivity (Wildman–Crippen MR) is 80.0 cm³/mol. The van der Waals surface area contributed by atoms with Crippen LogP contribution in [-0.2, 0) is 4.79 Å². The molecule has 0 aromatic heterocycles. The Labute approximate surface area is 128 Å². The van der Waals surface area contributed by atoms with Crippen LogP contribution in [0.5, 0.6) is 0 Å². The van der Waals surface area contributed by atoms with Gasteiger partial charge >= 0.3 is 6.03 Å². The molecule has 120 valence electrons. The van der Waals surface area contributed by atoms with Gasteiger partial charge in [-0.3, -0.25) is 4.79 Å². The highest BCUT2D eigenvalue weighted by atomic mass is 19.1. The third-order valence-electron chi connectivity index (χ3n) is 3.61. The van der Waals surface area contributed by atoms with Gasteiger partial charge in [0.05, 0.1) is 12.6 Å². The molecule has 0 aliphatic carbocycles. The summed E-state index contributed by atoms with van der Waals surface area (Å²) in [5.74, 6) is -0.556. The minimum absolute atomic E-state index is 0.111. The van der Waals surface area contributed by atoms with Gasteiger partial charge in [-0.25, -0.2) is 9.18 Å². The molecular weight excluding hydrogens is 289 g/mol. The van der Waals surface area contributed by atoms with Gasteiger partial charge in [0.1, 0.15) is 5.82 Å². The second-order valence-corrected chi connectivity index (χ2v) is 5.14. The second-order valence-electron chi connectivity index (χ2n) is 5.14. The number of halogens is 1. The number of hydrogen-bond acceptors (Lipinski definition) is 3. The predicted octanol–water partition coefficient (Wildman–Crippen LogP) is 0.955. The Morgan fingerprint density at radius 2 is 2.32 bits per heavy atom. The van der Waals surface area contributed by atoms with E-state index in [2.05, 4.69) is 5.32 Å². The van der Waals surface area contributed by atoms with Gasteiger partial charge in [-0.2, -0.15) is 0 Å². The highest BCUT2D eigenvalue weighted by Crippen LogP contribution is 2.22. The summed E-state index contributed by atoms with van der Waals surface area (Å²) in [5.41, 5.74) is 0.490. The molecule has 2 rings (SSSR count). The van der Waals surface area contributed by atoms with Crippen molar-refractivity contribution < 1.29 is 19.1 Å². The molecule has 1 aliphatic rings. The maximum absolute atomic E-state index is 13.3. The van der Waals surface area contributed by atoms with Crippen molar-refractivity contribution in [1.29, 1.82) is 0 Å². The van der Waals surface area contributed by atoms with Gasteiger partial charge in [0.2, 0.25) is 5.91 Å². The number of aliphatic hydroxyl groups excluding tert-OH is 1. The second kappa shape index (κ2) is 7.22. The van der Waals surface area contributed by atoms with Gasteiger partial charge in [-0.15, -0.1) is 0 Å². The standard InChI is InChI=1S/C15H20FN3O3/c1-2-18(6-7-20)15(22)17-12-9-14(21)19(10-12)13-5-3-4-11(16)8-13/h3-5,8,12,20H,2,6-7,9-10H2,1H3,(H,17,22)/t12-/m0/s1. The third kappa shape index (κ3) is 3.73. The summed E-state index contributed by atoms with van der Waals surface area (Å²) in [6, 6.07) is 5.19. The van der Waals surface area contributed by atoms with Crippen molar-refractivity contribution >= 4 is 17.6 Å². The Hall–Kier alpha value is -2.15. The Kier molecular flexibility index (Phi) is 5.32. The third-order valence-corrected chi connectivity index (χ3v) is 3.61. The van der Waals surface area contributed by atoms with Crippen LogP contribution < -0.4 is 10.2 Å². The molecule has 1 fully saturated rings. The number of carbonyl (C=O) groups excluding carboxylic acids is 2. The first-order valence-electron chi connectivity index (χ1n) is 7.27. The Bertz CT molecular complexity index is 553. The highest BCUT2D eigenvalue weighted by molar-refractivity contribution is 5.96. The lowest BCUT2D eigenvalue weighted by molar-refractivity contribution is -0.117. The number of nitrogens with zero attached hydrogens (tertiary/aromatic N) is 2. The fourth-order valence-corrected chi connectivity index (χ4v) is 2.49. The molecule has 0 radical (unpaired) electrons. The molecule has 3 amide bonds. The fraction of sp³-hybridized carbons (Fsp3) is 0.467. The number of urea groups is 1. The van der Waals surface area contributed by atoms with Gasteiger partial charge in [0.15, 0.2) is 0 Å². The average molecular weight is 309 g/mol. The average Bonchev–Trinajstić information content (AvgIpc) is 2.85. The lowest BCUT2D eigenvalue weighted by Crippen LogP contribution is -2.46. The molecule has 0 spiro atoms. The van der Waals surface area contributed by atoms with Crippen LogP contribution in [0.3, 0.4) is 0 Å². The van der Waals surface area contributed by atoms with E-state index in [4.69, 9.17) is 5.11 Å². The number of aliphatic hydroxyl groups is 1. The number of carbonyl (C=O) groups is 2. The van der Waals surface area contributed by atoms with E-state index in [1.165, 1.54) is 21.9 Å². The Morgan fingerprint density at radius 1 is 1.55 bits per heavy atom. The molecule has 1 heterocycles. The molecule has 7 heteroatoms. The number of hydrogen-bond donors (Lipinski definition) is 2. The van der Waals surface area contributed by atoms with Crippen LogP contribution >= 0.6 is 0 Å². The molecule has 0 saturated carbocycles. The van der Waals surface area contributed by atoms with Crippen molar-refractivity contribution in [3.05, 3.63) is 30.1 Å². The molecule has 2 N–H and O–H groups in total. The summed E-state index contributed by atoms with van der Waals surface area (Å²) in [5, 5.41) is 11.7. The summed E-state index contributed by atoms with van der Waals surface area (Å²) in [6.07, 6.45) is 0.179. The van der Waals surface area contributed by atoms with Gasteiger partial charge in [0.25, 0.3) is 0 Å². The van der Waals surface area contributed by atoms with Gasteiger partial charge < -0.3 is 20.2 Å². The number of amides is 3. The lowest BCUT2D eigenvalue weighted by Gasteiger charge is -2.23. The number of likely N-dealkylation sites (N-methyl/N-ethyl adjacent to an activating group) is 1. The van der Waals surface area contributed by atoms with Crippen LogP contribution in [0.1, 0.15) is 13.3 Å². The van der Waals surface area contributed by atoms with Crippen LogP contribution in [0.2, 0.25) is 0 Å². The van der Waals surface area contributed by atoms with E-state index < -0.39 is 5.82 Å². The summed E-state index contributed by atoms with van der Waals surface area (Å²) in [7, 11) is 0. The molecule has 1 aromatic rings. The SMILES string of the molecule is CCN(CCO)C(=O)N[C@H]1CC(=O)N(c2cccc(F)c2)C1. The fourth-order valence-electron chi connectivity index (χ4n) is 2.49. The van der Waals surface area contributed by atoms with E-state index in [0.717, 1.165) is 0 Å². The summed E-state index contributed by atoms with van der Waals surface area (Å²) in [6.45, 7) is 2.73. The Balaban J connectivity index is 1.99. The zero-order chi connectivity index (χ0) is 16.1. The normalized spacial score (nSPS) is 17.7. The van der Waals surface area contributed by atoms with Crippen LogP contribution in [0.15, 0.2) is 24.3 Å². The lowest BCUT2D eigenvalue weighted by atomic mass is 10.2. The van der Waals surface area contributed by atoms with E-state index in [1.54, 1.807) is 12.1 Å². The summed E-state index contributed by atoms with van der Waals surface area (Å²) in [4.78, 5) is 27.0. The first-order valence-corrected chi connectivity index (χ1v) is 7.27. The van der Waals surface area contributed by atoms with Crippen LogP contribution in [-0.4, -0.2) is 54.2 Å². The van der Waals surface area contributed by atoms with E-state index in [0.29, 0.717) is 18.8 Å². The molecule has 0 bridgehead atoms.